The smallest absolute Gasteiger partial charge is 0.270 e. The van der Waals surface area contributed by atoms with Crippen molar-refractivity contribution >= 4 is 11.4 Å². The van der Waals surface area contributed by atoms with E-state index in [0.717, 1.165) is 12.3 Å². The maximum Gasteiger partial charge on any atom is 0.458 e. The van der Waals surface area contributed by atoms with Crippen LogP contribution in [0.2, 0.25) is 0 Å². The first-order valence-corrected chi connectivity index (χ1v) is 3.82. The molecule has 7 nitrogen and oxygen atoms in total. The number of hydrogen-bond acceptors (Lipinski definition) is 5. The van der Waals surface area contributed by atoms with Crippen molar-refractivity contribution in [2.45, 2.75) is 0 Å². The highest BCUT2D eigenvalue weighted by molar-refractivity contribution is 7.75. The molecule has 0 amide bonds. The Hall–Kier alpha value is -1.57. The van der Waals surface area contributed by atoms with Gasteiger partial charge in [0.05, 0.1) is 6.20 Å². The second kappa shape index (κ2) is 2.21. The lowest BCUT2D eigenvalue weighted by Gasteiger charge is -2.12. The van der Waals surface area contributed by atoms with E-state index >= 15 is 0 Å². The summed E-state index contributed by atoms with van der Waals surface area (Å²) in [4.78, 5) is 21.8. The second-order valence-corrected chi connectivity index (χ2v) is 2.62. The summed E-state index contributed by atoms with van der Waals surface area (Å²) >= 11 is -2.13. The molecule has 64 valence electrons. The minimum absolute atomic E-state index is 0.361. The molecule has 0 fully saturated rings. The number of fused-ring (bicyclic) bond motifs is 2. The van der Waals surface area contributed by atoms with E-state index in [0.29, 0.717) is 9.46 Å². The van der Waals surface area contributed by atoms with Gasteiger partial charge in [0.25, 0.3) is 5.56 Å². The molecule has 2 rings (SSSR count). The van der Waals surface area contributed by atoms with Gasteiger partial charge in [-0.25, -0.2) is 4.79 Å². The van der Waals surface area contributed by atoms with Crippen LogP contribution in [0.5, 0.6) is 0 Å². The molecule has 8 heteroatoms. The standard InChI is InChI=1S/C4H2N2O5S/c7-3-1-2-5-4(8)6(3)11-12(9)10-5/h1-2H. The Balaban J connectivity index is 2.83. The normalized spacial score (nSPS) is 19.5. The zero-order chi connectivity index (χ0) is 8.72. The summed E-state index contributed by atoms with van der Waals surface area (Å²) in [5.41, 5.74) is -1.50. The second-order valence-electron chi connectivity index (χ2n) is 1.91. The van der Waals surface area contributed by atoms with E-state index in [1.165, 1.54) is 0 Å². The van der Waals surface area contributed by atoms with Crippen molar-refractivity contribution in [1.29, 1.82) is 0 Å². The molecule has 1 aromatic heterocycles. The molecule has 1 aliphatic heterocycles. The molecule has 0 aliphatic carbocycles. The quantitative estimate of drug-likeness (QED) is 0.450. The summed E-state index contributed by atoms with van der Waals surface area (Å²) in [6.07, 6.45) is 1.07. The van der Waals surface area contributed by atoms with E-state index < -0.39 is 22.6 Å². The Morgan fingerprint density at radius 3 is 2.83 bits per heavy atom. The molecule has 2 bridgehead atoms. The predicted molar refractivity (Wildman–Crippen MR) is 36.3 cm³/mol. The Kier molecular flexibility index (Phi) is 1.30. The zero-order valence-corrected chi connectivity index (χ0v) is 6.32. The van der Waals surface area contributed by atoms with Crippen LogP contribution >= 0.6 is 0 Å². The van der Waals surface area contributed by atoms with Gasteiger partial charge in [0.1, 0.15) is 0 Å². The molecule has 0 N–H and O–H groups in total. The van der Waals surface area contributed by atoms with Crippen LogP contribution in [0.3, 0.4) is 0 Å². The third kappa shape index (κ3) is 0.848. The highest BCUT2D eigenvalue weighted by Crippen LogP contribution is 1.84. The van der Waals surface area contributed by atoms with E-state index in [-0.39, 0.29) is 0 Å². The molecule has 2 heterocycles. The van der Waals surface area contributed by atoms with Crippen molar-refractivity contribution < 1.29 is 12.8 Å². The Bertz CT molecular complexity index is 459. The lowest BCUT2D eigenvalue weighted by molar-refractivity contribution is 0.131. The van der Waals surface area contributed by atoms with Crippen molar-refractivity contribution in [2.24, 2.45) is 0 Å². The van der Waals surface area contributed by atoms with Crippen molar-refractivity contribution in [3.8, 4) is 0 Å². The molecule has 0 saturated carbocycles. The number of rotatable bonds is 0. The lowest BCUT2D eigenvalue weighted by atomic mass is 10.7. The van der Waals surface area contributed by atoms with Crippen LogP contribution < -0.4 is 19.8 Å². The van der Waals surface area contributed by atoms with Gasteiger partial charge in [-0.15, -0.1) is 4.73 Å². The van der Waals surface area contributed by atoms with E-state index in [2.05, 4.69) is 8.57 Å². The highest BCUT2D eigenvalue weighted by atomic mass is 32.2. The number of aromatic nitrogens is 2. The number of nitrogens with zero attached hydrogens (tertiary/aromatic N) is 2. The van der Waals surface area contributed by atoms with Crippen LogP contribution in [-0.4, -0.2) is 13.7 Å². The third-order valence-corrected chi connectivity index (χ3v) is 1.74. The van der Waals surface area contributed by atoms with E-state index in [1.54, 1.807) is 0 Å². The van der Waals surface area contributed by atoms with Gasteiger partial charge >= 0.3 is 17.1 Å². The maximum atomic E-state index is 11.0. The van der Waals surface area contributed by atoms with Crippen LogP contribution in [-0.2, 0) is 11.4 Å². The molecular weight excluding hydrogens is 188 g/mol. The molecule has 1 aromatic rings. The van der Waals surface area contributed by atoms with E-state index in [4.69, 9.17) is 0 Å². The van der Waals surface area contributed by atoms with E-state index in [1.807, 2.05) is 0 Å². The molecule has 0 saturated heterocycles. The van der Waals surface area contributed by atoms with Gasteiger partial charge in [0, 0.05) is 6.07 Å². The first-order chi connectivity index (χ1) is 5.68. The van der Waals surface area contributed by atoms with Crippen LogP contribution in [0.15, 0.2) is 21.9 Å². The summed E-state index contributed by atoms with van der Waals surface area (Å²) in [7, 11) is 0. The minimum Gasteiger partial charge on any atom is -0.270 e. The summed E-state index contributed by atoms with van der Waals surface area (Å²) in [6, 6.07) is 1.05. The summed E-state index contributed by atoms with van der Waals surface area (Å²) in [6.45, 7) is 0. The molecule has 1 unspecified atom stereocenters. The molecular formula is C4H2N2O5S. The van der Waals surface area contributed by atoms with Crippen molar-refractivity contribution in [3.63, 3.8) is 0 Å². The van der Waals surface area contributed by atoms with Crippen molar-refractivity contribution in [1.82, 2.24) is 9.46 Å². The van der Waals surface area contributed by atoms with Gasteiger partial charge in [0.15, 0.2) is 0 Å². The summed E-state index contributed by atoms with van der Waals surface area (Å²) < 4.78 is 20.3. The molecule has 0 aromatic carbocycles. The van der Waals surface area contributed by atoms with E-state index in [9.17, 15) is 13.8 Å². The first kappa shape index (κ1) is 7.10. The number of hydrogen-bond donors (Lipinski definition) is 0. The van der Waals surface area contributed by atoms with Gasteiger partial charge in [0.2, 0.25) is 0 Å². The monoisotopic (exact) mass is 190 g/mol. The van der Waals surface area contributed by atoms with Gasteiger partial charge in [-0.05, 0) is 0 Å². The average molecular weight is 190 g/mol. The van der Waals surface area contributed by atoms with Gasteiger partial charge < -0.3 is 0 Å². The molecule has 0 radical (unpaired) electrons. The van der Waals surface area contributed by atoms with Crippen LogP contribution in [0.25, 0.3) is 0 Å². The Labute approximate surface area is 67.5 Å². The highest BCUT2D eigenvalue weighted by Gasteiger charge is 2.19. The zero-order valence-electron chi connectivity index (χ0n) is 5.50. The fraction of sp³-hybridized carbons (Fsp3) is 0. The van der Waals surface area contributed by atoms with Crippen LogP contribution in [0, 0.1) is 0 Å². The maximum absolute atomic E-state index is 11.0. The van der Waals surface area contributed by atoms with Crippen molar-refractivity contribution in [2.75, 3.05) is 0 Å². The van der Waals surface area contributed by atoms with Gasteiger partial charge in [-0.3, -0.25) is 13.4 Å². The molecule has 1 atom stereocenters. The lowest BCUT2D eigenvalue weighted by Crippen LogP contribution is -2.51. The molecule has 12 heavy (non-hydrogen) atoms. The average Bonchev–Trinajstić information content (AvgIpc) is 2.01. The summed E-state index contributed by atoms with van der Waals surface area (Å²) in [5, 5.41) is 0. The van der Waals surface area contributed by atoms with Gasteiger partial charge in [-0.2, -0.15) is 4.21 Å². The minimum atomic E-state index is -2.13. The van der Waals surface area contributed by atoms with Crippen LogP contribution in [0.4, 0.5) is 0 Å². The molecule has 1 aliphatic rings. The van der Waals surface area contributed by atoms with Crippen LogP contribution in [0.1, 0.15) is 0 Å². The Morgan fingerprint density at radius 1 is 1.33 bits per heavy atom. The van der Waals surface area contributed by atoms with Gasteiger partial charge in [-0.1, -0.05) is 4.73 Å². The predicted octanol–water partition coefficient (Wildman–Crippen LogP) is -2.54. The largest absolute Gasteiger partial charge is 0.458 e. The SMILES string of the molecule is O=c1ccn2c(=O)n1OS(=O)O2. The fourth-order valence-corrected chi connectivity index (χ4v) is 1.24. The Morgan fingerprint density at radius 2 is 2.08 bits per heavy atom. The third-order valence-electron chi connectivity index (χ3n) is 1.19. The molecule has 0 spiro atoms. The van der Waals surface area contributed by atoms with Crippen molar-refractivity contribution in [3.05, 3.63) is 33.1 Å². The first-order valence-electron chi connectivity index (χ1n) is 2.82. The fourth-order valence-electron chi connectivity index (χ4n) is 0.712. The summed E-state index contributed by atoms with van der Waals surface area (Å²) in [5.74, 6) is 0. The topological polar surface area (TPSA) is 79.5 Å².